The van der Waals surface area contributed by atoms with Crippen LogP contribution in [0, 0.1) is 11.3 Å². The van der Waals surface area contributed by atoms with Crippen molar-refractivity contribution in [3.05, 3.63) is 40.4 Å². The van der Waals surface area contributed by atoms with E-state index in [1.54, 1.807) is 31.2 Å². The molecule has 0 aromatic heterocycles. The molecule has 1 aromatic rings. The summed E-state index contributed by atoms with van der Waals surface area (Å²) in [5.74, 6) is -0.577. The Morgan fingerprint density at radius 1 is 1.33 bits per heavy atom. The van der Waals surface area contributed by atoms with Gasteiger partial charge in [-0.1, -0.05) is 30.7 Å². The van der Waals surface area contributed by atoms with E-state index in [4.69, 9.17) is 21.6 Å². The molecule has 0 unspecified atom stereocenters. The fourth-order valence-electron chi connectivity index (χ4n) is 1.62. The Labute approximate surface area is 112 Å². The van der Waals surface area contributed by atoms with Crippen LogP contribution in [0.25, 0.3) is 5.57 Å². The Balaban J connectivity index is 3.24. The second-order valence-electron chi connectivity index (χ2n) is 3.55. The minimum Gasteiger partial charge on any atom is -0.462 e. The van der Waals surface area contributed by atoms with Crippen LogP contribution in [0.3, 0.4) is 0 Å². The van der Waals surface area contributed by atoms with Crippen LogP contribution >= 0.6 is 11.6 Å². The first-order chi connectivity index (χ1) is 8.63. The molecule has 0 spiro atoms. The van der Waals surface area contributed by atoms with Crippen molar-refractivity contribution in [2.75, 3.05) is 6.61 Å². The summed E-state index contributed by atoms with van der Waals surface area (Å²) in [4.78, 5) is 11.7. The van der Waals surface area contributed by atoms with E-state index in [1.165, 1.54) is 0 Å². The second-order valence-corrected chi connectivity index (χ2v) is 3.98. The minimum absolute atomic E-state index is 0.0571. The summed E-state index contributed by atoms with van der Waals surface area (Å²) in [6.07, 6.45) is 0.573. The molecule has 1 aromatic carbocycles. The van der Waals surface area contributed by atoms with Crippen molar-refractivity contribution < 1.29 is 9.53 Å². The highest BCUT2D eigenvalue weighted by atomic mass is 35.5. The van der Waals surface area contributed by atoms with Crippen LogP contribution in [-0.2, 0) is 9.53 Å². The van der Waals surface area contributed by atoms with E-state index in [-0.39, 0.29) is 12.2 Å². The molecule has 0 fully saturated rings. The topological polar surface area (TPSA) is 50.1 Å². The maximum atomic E-state index is 11.7. The van der Waals surface area contributed by atoms with Crippen LogP contribution in [0.4, 0.5) is 0 Å². The standard InChI is InChI=1S/C14H14ClNO2/c1-3-12(10-5-7-11(15)8-6-10)13(9-16)14(17)18-4-2/h5-8H,3-4H2,1-2H3/b13-12+. The summed E-state index contributed by atoms with van der Waals surface area (Å²) in [6, 6.07) is 8.96. The maximum Gasteiger partial charge on any atom is 0.349 e. The SMILES string of the molecule is CCOC(=O)/C(C#N)=C(\CC)c1ccc(Cl)cc1. The van der Waals surface area contributed by atoms with Crippen molar-refractivity contribution in [1.29, 1.82) is 5.26 Å². The number of allylic oxidation sites excluding steroid dienone is 1. The van der Waals surface area contributed by atoms with E-state index >= 15 is 0 Å². The van der Waals surface area contributed by atoms with Gasteiger partial charge in [-0.15, -0.1) is 0 Å². The molecule has 3 nitrogen and oxygen atoms in total. The highest BCUT2D eigenvalue weighted by molar-refractivity contribution is 6.30. The highest BCUT2D eigenvalue weighted by Gasteiger charge is 2.16. The van der Waals surface area contributed by atoms with E-state index in [0.717, 1.165) is 5.56 Å². The fraction of sp³-hybridized carbons (Fsp3) is 0.286. The van der Waals surface area contributed by atoms with Crippen molar-refractivity contribution in [2.24, 2.45) is 0 Å². The summed E-state index contributed by atoms with van der Waals surface area (Å²) in [5.41, 5.74) is 1.54. The van der Waals surface area contributed by atoms with Crippen LogP contribution in [-0.4, -0.2) is 12.6 Å². The molecule has 0 saturated heterocycles. The molecule has 0 radical (unpaired) electrons. The largest absolute Gasteiger partial charge is 0.462 e. The van der Waals surface area contributed by atoms with Crippen LogP contribution in [0.1, 0.15) is 25.8 Å². The van der Waals surface area contributed by atoms with Gasteiger partial charge in [0.2, 0.25) is 0 Å². The van der Waals surface area contributed by atoms with E-state index in [1.807, 2.05) is 13.0 Å². The molecular weight excluding hydrogens is 250 g/mol. The van der Waals surface area contributed by atoms with Gasteiger partial charge in [0, 0.05) is 5.02 Å². The van der Waals surface area contributed by atoms with Crippen molar-refractivity contribution in [3.8, 4) is 6.07 Å². The van der Waals surface area contributed by atoms with Crippen molar-refractivity contribution in [1.82, 2.24) is 0 Å². The zero-order chi connectivity index (χ0) is 13.5. The first kappa shape index (κ1) is 14.3. The molecule has 0 aliphatic rings. The summed E-state index contributed by atoms with van der Waals surface area (Å²) in [5, 5.41) is 9.72. The Hall–Kier alpha value is -1.79. The second kappa shape index (κ2) is 6.83. The minimum atomic E-state index is -0.577. The number of nitrogens with zero attached hydrogens (tertiary/aromatic N) is 1. The Bertz CT molecular complexity index is 498. The van der Waals surface area contributed by atoms with Gasteiger partial charge < -0.3 is 4.74 Å². The fourth-order valence-corrected chi connectivity index (χ4v) is 1.74. The molecule has 0 aliphatic carbocycles. The lowest BCUT2D eigenvalue weighted by atomic mass is 9.98. The summed E-state index contributed by atoms with van der Waals surface area (Å²) in [7, 11) is 0. The molecule has 0 atom stereocenters. The van der Waals surface area contributed by atoms with Gasteiger partial charge in [-0.2, -0.15) is 5.26 Å². The third-order valence-electron chi connectivity index (χ3n) is 2.44. The molecule has 18 heavy (non-hydrogen) atoms. The molecule has 1 rings (SSSR count). The number of carbonyl (C=O) groups excluding carboxylic acids is 1. The smallest absolute Gasteiger partial charge is 0.349 e. The van der Waals surface area contributed by atoms with Gasteiger partial charge in [0.25, 0.3) is 0 Å². The lowest BCUT2D eigenvalue weighted by Crippen LogP contribution is -2.08. The van der Waals surface area contributed by atoms with Crippen LogP contribution in [0.5, 0.6) is 0 Å². The Morgan fingerprint density at radius 2 is 1.94 bits per heavy atom. The van der Waals surface area contributed by atoms with Gasteiger partial charge >= 0.3 is 5.97 Å². The van der Waals surface area contributed by atoms with E-state index < -0.39 is 5.97 Å². The summed E-state index contributed by atoms with van der Waals surface area (Å²) < 4.78 is 4.88. The van der Waals surface area contributed by atoms with Gasteiger partial charge in [0.15, 0.2) is 0 Å². The van der Waals surface area contributed by atoms with E-state index in [2.05, 4.69) is 0 Å². The molecule has 0 N–H and O–H groups in total. The van der Waals surface area contributed by atoms with Crippen molar-refractivity contribution >= 4 is 23.1 Å². The quantitative estimate of drug-likeness (QED) is 0.474. The normalized spacial score (nSPS) is 11.4. The number of halogens is 1. The molecule has 4 heteroatoms. The lowest BCUT2D eigenvalue weighted by Gasteiger charge is -2.08. The zero-order valence-electron chi connectivity index (χ0n) is 10.4. The molecule has 0 heterocycles. The van der Waals surface area contributed by atoms with Gasteiger partial charge in [-0.05, 0) is 36.6 Å². The van der Waals surface area contributed by atoms with Gasteiger partial charge in [-0.25, -0.2) is 4.79 Å². The monoisotopic (exact) mass is 263 g/mol. The molecule has 94 valence electrons. The molecule has 0 saturated carbocycles. The van der Waals surface area contributed by atoms with Crippen molar-refractivity contribution in [3.63, 3.8) is 0 Å². The van der Waals surface area contributed by atoms with Gasteiger partial charge in [0.1, 0.15) is 11.6 Å². The van der Waals surface area contributed by atoms with Gasteiger partial charge in [-0.3, -0.25) is 0 Å². The van der Waals surface area contributed by atoms with E-state index in [0.29, 0.717) is 17.0 Å². The number of benzene rings is 1. The third kappa shape index (κ3) is 3.35. The zero-order valence-corrected chi connectivity index (χ0v) is 11.1. The van der Waals surface area contributed by atoms with Gasteiger partial charge in [0.05, 0.1) is 6.61 Å². The summed E-state index contributed by atoms with van der Waals surface area (Å²) in [6.45, 7) is 3.85. The number of ether oxygens (including phenoxy) is 1. The predicted molar refractivity (Wildman–Crippen MR) is 70.9 cm³/mol. The molecular formula is C14H14ClNO2. The predicted octanol–water partition coefficient (Wildman–Crippen LogP) is 3.59. The average Bonchev–Trinajstić information content (AvgIpc) is 2.37. The van der Waals surface area contributed by atoms with Crippen molar-refractivity contribution in [2.45, 2.75) is 20.3 Å². The number of hydrogen-bond acceptors (Lipinski definition) is 3. The first-order valence-electron chi connectivity index (χ1n) is 5.70. The number of nitriles is 1. The Kier molecular flexibility index (Phi) is 5.41. The number of hydrogen-bond donors (Lipinski definition) is 0. The first-order valence-corrected chi connectivity index (χ1v) is 6.08. The summed E-state index contributed by atoms with van der Waals surface area (Å²) >= 11 is 5.81. The molecule has 0 bridgehead atoms. The van der Waals surface area contributed by atoms with Crippen LogP contribution < -0.4 is 0 Å². The highest BCUT2D eigenvalue weighted by Crippen LogP contribution is 2.24. The average molecular weight is 264 g/mol. The number of esters is 1. The maximum absolute atomic E-state index is 11.7. The third-order valence-corrected chi connectivity index (χ3v) is 2.69. The molecule has 0 aliphatic heterocycles. The van der Waals surface area contributed by atoms with Crippen LogP contribution in [0.2, 0.25) is 5.02 Å². The number of rotatable bonds is 4. The Morgan fingerprint density at radius 3 is 2.39 bits per heavy atom. The van der Waals surface area contributed by atoms with Crippen LogP contribution in [0.15, 0.2) is 29.8 Å². The molecule has 0 amide bonds. The lowest BCUT2D eigenvalue weighted by molar-refractivity contribution is -0.137. The van der Waals surface area contributed by atoms with E-state index in [9.17, 15) is 4.79 Å². The number of carbonyl (C=O) groups is 1.